The molecule has 1 aromatic heterocycles. The maximum absolute atomic E-state index is 14.9. The number of nitrogens with two attached hydrogens (primary N) is 1. The lowest BCUT2D eigenvalue weighted by Crippen LogP contribution is -2.64. The summed E-state index contributed by atoms with van der Waals surface area (Å²) in [6, 6.07) is 1.80. The molecule has 4 N–H and O–H groups in total. The molecule has 0 spiro atoms. The minimum Gasteiger partial charge on any atom is -0.381 e. The second-order valence-electron chi connectivity index (χ2n) is 11.2. The average molecular weight is 615 g/mol. The molecule has 3 aliphatic rings. The van der Waals surface area contributed by atoms with Crippen LogP contribution < -0.4 is 16.0 Å². The van der Waals surface area contributed by atoms with Gasteiger partial charge in [0.25, 0.3) is 0 Å². The molecule has 0 saturated carbocycles. The van der Waals surface area contributed by atoms with E-state index in [1.807, 2.05) is 11.9 Å². The minimum absolute atomic E-state index is 0.0257. The number of benzene rings is 1. The van der Waals surface area contributed by atoms with Gasteiger partial charge in [-0.1, -0.05) is 11.6 Å². The number of aliphatic hydroxyl groups is 1. The van der Waals surface area contributed by atoms with Crippen LogP contribution in [-0.4, -0.2) is 107 Å². The van der Waals surface area contributed by atoms with Crippen molar-refractivity contribution in [2.45, 2.75) is 43.8 Å². The molecule has 0 aliphatic carbocycles. The summed E-state index contributed by atoms with van der Waals surface area (Å²) in [7, 11) is 2.02. The van der Waals surface area contributed by atoms with Crippen molar-refractivity contribution in [1.82, 2.24) is 24.7 Å². The van der Waals surface area contributed by atoms with E-state index in [4.69, 9.17) is 17.3 Å². The molecule has 2 unspecified atom stereocenters. The van der Waals surface area contributed by atoms with E-state index in [0.717, 1.165) is 25.2 Å². The maximum atomic E-state index is 14.9. The predicted octanol–water partition coefficient (Wildman–Crippen LogP) is 2.73. The van der Waals surface area contributed by atoms with Crippen molar-refractivity contribution >= 4 is 34.8 Å². The first-order valence-corrected chi connectivity index (χ1v) is 14.4. The predicted molar refractivity (Wildman–Crippen MR) is 150 cm³/mol. The summed E-state index contributed by atoms with van der Waals surface area (Å²) in [5, 5.41) is 14.4. The van der Waals surface area contributed by atoms with E-state index in [2.05, 4.69) is 20.2 Å². The standard InChI is InChI=1S/C27H35ClF4N8O2/c1-37-7-9-38(10-8-37)25(41)19-4-6-39(24-22(29)23(33)34-15-35-24)14-21(19)40-5-2-3-20(26(40)42)36-18-12-16(27(30,31)32)11-17(28)13-18/h11-13,15,19-21,25,36,41H,2-10,14H2,1H3,(H2,33,34,35)/t19-,20?,21-,25?/m0/s1. The lowest BCUT2D eigenvalue weighted by atomic mass is 9.86. The molecule has 1 aromatic carbocycles. The van der Waals surface area contributed by atoms with Crippen molar-refractivity contribution in [2.75, 3.05) is 68.8 Å². The summed E-state index contributed by atoms with van der Waals surface area (Å²) in [6.45, 7) is 3.87. The molecule has 0 radical (unpaired) electrons. The van der Waals surface area contributed by atoms with Crippen LogP contribution in [0.1, 0.15) is 24.8 Å². The maximum Gasteiger partial charge on any atom is 0.416 e. The molecular formula is C27H35ClF4N8O2. The van der Waals surface area contributed by atoms with Gasteiger partial charge in [-0.05, 0) is 44.5 Å². The van der Waals surface area contributed by atoms with E-state index in [-0.39, 0.29) is 40.7 Å². The first-order chi connectivity index (χ1) is 19.9. The Kier molecular flexibility index (Phi) is 8.97. The number of likely N-dealkylation sites (N-methyl/N-ethyl adjacent to an activating group) is 1. The molecule has 3 saturated heterocycles. The first kappa shape index (κ1) is 30.5. The Morgan fingerprint density at radius 1 is 1.10 bits per heavy atom. The van der Waals surface area contributed by atoms with Crippen LogP contribution in [0.25, 0.3) is 0 Å². The molecule has 10 nitrogen and oxygen atoms in total. The highest BCUT2D eigenvalue weighted by molar-refractivity contribution is 6.31. The fourth-order valence-electron chi connectivity index (χ4n) is 6.17. The van der Waals surface area contributed by atoms with Gasteiger partial charge in [0.2, 0.25) is 11.7 Å². The highest BCUT2D eigenvalue weighted by Crippen LogP contribution is 2.36. The molecular weight excluding hydrogens is 580 g/mol. The van der Waals surface area contributed by atoms with Crippen LogP contribution in [0.15, 0.2) is 24.5 Å². The van der Waals surface area contributed by atoms with Crippen LogP contribution >= 0.6 is 11.6 Å². The summed E-state index contributed by atoms with van der Waals surface area (Å²) >= 11 is 5.97. The van der Waals surface area contributed by atoms with E-state index in [0.29, 0.717) is 45.4 Å². The molecule has 230 valence electrons. The summed E-state index contributed by atoms with van der Waals surface area (Å²) in [5.41, 5.74) is 4.87. The van der Waals surface area contributed by atoms with Crippen molar-refractivity contribution in [1.29, 1.82) is 0 Å². The Morgan fingerprint density at radius 3 is 2.55 bits per heavy atom. The van der Waals surface area contributed by atoms with Gasteiger partial charge in [0.05, 0.1) is 11.6 Å². The summed E-state index contributed by atoms with van der Waals surface area (Å²) in [4.78, 5) is 29.3. The quantitative estimate of drug-likeness (QED) is 0.423. The van der Waals surface area contributed by atoms with Gasteiger partial charge in [-0.25, -0.2) is 9.97 Å². The van der Waals surface area contributed by atoms with Gasteiger partial charge in [0.15, 0.2) is 11.6 Å². The van der Waals surface area contributed by atoms with Crippen LogP contribution in [0, 0.1) is 11.7 Å². The molecule has 15 heteroatoms. The fourth-order valence-corrected chi connectivity index (χ4v) is 6.41. The summed E-state index contributed by atoms with van der Waals surface area (Å²) < 4.78 is 55.1. The van der Waals surface area contributed by atoms with Crippen LogP contribution in [0.5, 0.6) is 0 Å². The SMILES string of the molecule is CN1CCN(C(O)[C@H]2CCN(c3ncnc(N)c3F)C[C@@H]2N2CCCC(Nc3cc(Cl)cc(C(F)(F)F)c3)C2=O)CC1. The van der Waals surface area contributed by atoms with Crippen LogP contribution in [0.4, 0.5) is 34.9 Å². The number of nitrogens with zero attached hydrogens (tertiary/aromatic N) is 6. The number of alkyl halides is 3. The largest absolute Gasteiger partial charge is 0.416 e. The number of piperazine rings is 1. The number of carbonyl (C=O) groups excluding carboxylic acids is 1. The second kappa shape index (κ2) is 12.3. The summed E-state index contributed by atoms with van der Waals surface area (Å²) in [6.07, 6.45) is -2.81. The minimum atomic E-state index is -4.60. The van der Waals surface area contributed by atoms with E-state index in [1.54, 1.807) is 9.80 Å². The number of rotatable bonds is 6. The molecule has 2 aromatic rings. The zero-order valence-electron chi connectivity index (χ0n) is 23.2. The molecule has 0 bridgehead atoms. The number of hydrogen-bond acceptors (Lipinski definition) is 9. The van der Waals surface area contributed by atoms with Crippen LogP contribution in [0.2, 0.25) is 5.02 Å². The molecule has 5 rings (SSSR count). The molecule has 1 amide bonds. The zero-order chi connectivity index (χ0) is 30.2. The third-order valence-electron chi connectivity index (χ3n) is 8.47. The summed E-state index contributed by atoms with van der Waals surface area (Å²) in [5.74, 6) is -1.66. The number of anilines is 3. The highest BCUT2D eigenvalue weighted by atomic mass is 35.5. The monoisotopic (exact) mass is 614 g/mol. The number of aromatic nitrogens is 2. The number of aliphatic hydroxyl groups excluding tert-OH is 1. The van der Waals surface area contributed by atoms with E-state index in [9.17, 15) is 27.5 Å². The zero-order valence-corrected chi connectivity index (χ0v) is 24.0. The first-order valence-electron chi connectivity index (χ1n) is 14.0. The van der Waals surface area contributed by atoms with Crippen LogP contribution in [-0.2, 0) is 11.0 Å². The Labute approximate surface area is 246 Å². The molecule has 4 heterocycles. The lowest BCUT2D eigenvalue weighted by molar-refractivity contribution is -0.143. The Morgan fingerprint density at radius 2 is 1.83 bits per heavy atom. The van der Waals surface area contributed by atoms with E-state index in [1.165, 1.54) is 12.4 Å². The number of halogens is 5. The van der Waals surface area contributed by atoms with Crippen molar-refractivity contribution in [3.63, 3.8) is 0 Å². The van der Waals surface area contributed by atoms with Crippen molar-refractivity contribution in [3.8, 4) is 0 Å². The third kappa shape index (κ3) is 6.51. The van der Waals surface area contributed by atoms with Gasteiger partial charge in [0.1, 0.15) is 18.6 Å². The topological polar surface area (TPSA) is 114 Å². The lowest BCUT2D eigenvalue weighted by Gasteiger charge is -2.50. The molecule has 42 heavy (non-hydrogen) atoms. The van der Waals surface area contributed by atoms with Gasteiger partial charge in [0, 0.05) is 62.4 Å². The molecule has 3 fully saturated rings. The van der Waals surface area contributed by atoms with Crippen molar-refractivity contribution in [2.24, 2.45) is 5.92 Å². The van der Waals surface area contributed by atoms with Crippen molar-refractivity contribution in [3.05, 3.63) is 40.9 Å². The van der Waals surface area contributed by atoms with Crippen LogP contribution in [0.3, 0.4) is 0 Å². The highest BCUT2D eigenvalue weighted by Gasteiger charge is 2.44. The van der Waals surface area contributed by atoms with Gasteiger partial charge in [-0.2, -0.15) is 17.6 Å². The smallest absolute Gasteiger partial charge is 0.381 e. The number of hydrogen-bond donors (Lipinski definition) is 3. The molecule has 4 atom stereocenters. The van der Waals surface area contributed by atoms with E-state index < -0.39 is 35.9 Å². The fraction of sp³-hybridized carbons (Fsp3) is 0.593. The Bertz CT molecular complexity index is 1280. The number of likely N-dealkylation sites (tertiary alicyclic amines) is 1. The van der Waals surface area contributed by atoms with Gasteiger partial charge in [-0.3, -0.25) is 9.69 Å². The number of nitrogens with one attached hydrogen (secondary N) is 1. The number of amides is 1. The Balaban J connectivity index is 1.41. The van der Waals surface area contributed by atoms with Gasteiger partial charge in [-0.15, -0.1) is 0 Å². The average Bonchev–Trinajstić information content (AvgIpc) is 2.95. The molecule has 3 aliphatic heterocycles. The third-order valence-corrected chi connectivity index (χ3v) is 8.68. The van der Waals surface area contributed by atoms with Gasteiger partial charge >= 0.3 is 6.18 Å². The number of nitrogen functional groups attached to an aromatic ring is 1. The second-order valence-corrected chi connectivity index (χ2v) is 11.6. The van der Waals surface area contributed by atoms with Crippen molar-refractivity contribution < 1.29 is 27.5 Å². The number of piperidine rings is 2. The van der Waals surface area contributed by atoms with Gasteiger partial charge < -0.3 is 30.9 Å². The normalized spacial score (nSPS) is 25.5. The van der Waals surface area contributed by atoms with E-state index >= 15 is 0 Å². The number of carbonyl (C=O) groups is 1. The Hall–Kier alpha value is -2.94.